The summed E-state index contributed by atoms with van der Waals surface area (Å²) < 4.78 is 34.2. The van der Waals surface area contributed by atoms with Gasteiger partial charge in [-0.1, -0.05) is 13.8 Å². The van der Waals surface area contributed by atoms with Crippen molar-refractivity contribution in [2.75, 3.05) is 13.1 Å². The minimum absolute atomic E-state index is 0.241. The fourth-order valence-corrected chi connectivity index (χ4v) is 6.19. The molecular formula is C28H30F2N6O. The Balaban J connectivity index is 1.52. The van der Waals surface area contributed by atoms with Gasteiger partial charge in [0.25, 0.3) is 0 Å². The lowest BCUT2D eigenvalue weighted by Gasteiger charge is -2.26. The summed E-state index contributed by atoms with van der Waals surface area (Å²) in [5, 5.41) is 8.18. The third kappa shape index (κ3) is 3.80. The Hall–Kier alpha value is -3.72. The van der Waals surface area contributed by atoms with Gasteiger partial charge in [-0.2, -0.15) is 5.10 Å². The maximum Gasteiger partial charge on any atom is 0.348 e. The van der Waals surface area contributed by atoms with Crippen molar-refractivity contribution >= 4 is 21.8 Å². The van der Waals surface area contributed by atoms with E-state index in [1.807, 2.05) is 24.0 Å². The number of rotatable bonds is 6. The number of aromatic amines is 1. The number of benzene rings is 2. The number of hydrogen-bond acceptors (Lipinski definition) is 3. The van der Waals surface area contributed by atoms with Crippen LogP contribution in [0.25, 0.3) is 38.9 Å². The van der Waals surface area contributed by atoms with Gasteiger partial charge in [-0.3, -0.25) is 0 Å². The molecule has 0 unspecified atom stereocenters. The predicted octanol–water partition coefficient (Wildman–Crippen LogP) is 5.39. The van der Waals surface area contributed by atoms with Gasteiger partial charge in [-0.05, 0) is 68.8 Å². The smallest absolute Gasteiger partial charge is 0.348 e. The third-order valence-electron chi connectivity index (χ3n) is 7.98. The molecule has 0 aliphatic heterocycles. The minimum Gasteiger partial charge on any atom is -0.350 e. The molecule has 1 fully saturated rings. The first-order valence-electron chi connectivity index (χ1n) is 12.9. The molecule has 0 saturated heterocycles. The zero-order chi connectivity index (χ0) is 25.8. The molecule has 0 spiro atoms. The average Bonchev–Trinajstić information content (AvgIpc) is 3.65. The number of H-pyrrole nitrogens is 1. The number of aromatic nitrogens is 5. The van der Waals surface area contributed by atoms with Gasteiger partial charge in [0.15, 0.2) is 5.82 Å². The van der Waals surface area contributed by atoms with Crippen LogP contribution in [-0.2, 0) is 7.05 Å². The molecule has 1 N–H and O–H groups in total. The molecule has 0 amide bonds. The first-order valence-corrected chi connectivity index (χ1v) is 12.9. The number of nitrogens with zero attached hydrogens (tertiary/aromatic N) is 5. The molecule has 7 nitrogen and oxygen atoms in total. The van der Waals surface area contributed by atoms with E-state index in [0.29, 0.717) is 33.9 Å². The predicted molar refractivity (Wildman–Crippen MR) is 141 cm³/mol. The van der Waals surface area contributed by atoms with Crippen LogP contribution in [0.4, 0.5) is 8.78 Å². The Morgan fingerprint density at radius 1 is 1.00 bits per heavy atom. The van der Waals surface area contributed by atoms with Gasteiger partial charge in [0.1, 0.15) is 11.6 Å². The molecule has 2 aromatic carbocycles. The van der Waals surface area contributed by atoms with Gasteiger partial charge in [0, 0.05) is 53.4 Å². The average molecular weight is 505 g/mol. The molecule has 1 aliphatic rings. The van der Waals surface area contributed by atoms with Crippen LogP contribution >= 0.6 is 0 Å². The van der Waals surface area contributed by atoms with Gasteiger partial charge in [0.05, 0.1) is 11.2 Å². The van der Waals surface area contributed by atoms with E-state index in [-0.39, 0.29) is 17.7 Å². The zero-order valence-corrected chi connectivity index (χ0v) is 21.2. The molecule has 0 bridgehead atoms. The van der Waals surface area contributed by atoms with Crippen molar-refractivity contribution in [1.29, 1.82) is 0 Å². The van der Waals surface area contributed by atoms with Crippen molar-refractivity contribution in [2.45, 2.75) is 45.2 Å². The number of fused-ring (bicyclic) bond motifs is 2. The lowest BCUT2D eigenvalue weighted by molar-refractivity contribution is 0.216. The van der Waals surface area contributed by atoms with Crippen molar-refractivity contribution in [3.8, 4) is 17.1 Å². The number of hydrogen-bond donors (Lipinski definition) is 1. The van der Waals surface area contributed by atoms with E-state index in [1.54, 1.807) is 12.1 Å². The third-order valence-corrected chi connectivity index (χ3v) is 7.98. The zero-order valence-electron chi connectivity index (χ0n) is 21.2. The molecule has 3 heterocycles. The van der Waals surface area contributed by atoms with Crippen LogP contribution < -0.4 is 5.69 Å². The molecule has 3 aromatic heterocycles. The highest BCUT2D eigenvalue weighted by Gasteiger charge is 2.31. The van der Waals surface area contributed by atoms with Crippen molar-refractivity contribution in [1.82, 2.24) is 28.8 Å². The summed E-state index contributed by atoms with van der Waals surface area (Å²) in [4.78, 5) is 15.6. The number of aryl methyl sites for hydroxylation is 1. The molecule has 5 aromatic rings. The second-order valence-corrected chi connectivity index (χ2v) is 9.93. The van der Waals surface area contributed by atoms with E-state index in [1.165, 1.54) is 28.8 Å². The fourth-order valence-electron chi connectivity index (χ4n) is 6.19. The van der Waals surface area contributed by atoms with Crippen LogP contribution in [0.5, 0.6) is 0 Å². The first kappa shape index (κ1) is 23.7. The first-order chi connectivity index (χ1) is 17.9. The minimum atomic E-state index is -0.431. The van der Waals surface area contributed by atoms with Crippen molar-refractivity contribution in [3.05, 3.63) is 70.9 Å². The molecule has 0 radical (unpaired) electrons. The van der Waals surface area contributed by atoms with E-state index in [9.17, 15) is 13.6 Å². The number of nitrogens with one attached hydrogen (secondary N) is 1. The summed E-state index contributed by atoms with van der Waals surface area (Å²) in [6.07, 6.45) is 6.89. The summed E-state index contributed by atoms with van der Waals surface area (Å²) >= 11 is 0. The van der Waals surface area contributed by atoms with Crippen molar-refractivity contribution in [3.63, 3.8) is 0 Å². The van der Waals surface area contributed by atoms with Crippen molar-refractivity contribution in [2.24, 2.45) is 7.05 Å². The molecule has 1 aliphatic carbocycles. The van der Waals surface area contributed by atoms with Crippen molar-refractivity contribution < 1.29 is 8.78 Å². The van der Waals surface area contributed by atoms with Crippen LogP contribution in [0.3, 0.4) is 0 Å². The molecule has 2 atom stereocenters. The molecule has 192 valence electrons. The van der Waals surface area contributed by atoms with E-state index in [0.717, 1.165) is 43.4 Å². The Kier molecular flexibility index (Phi) is 5.75. The van der Waals surface area contributed by atoms with Crippen LogP contribution in [0.1, 0.15) is 39.2 Å². The van der Waals surface area contributed by atoms with Gasteiger partial charge in [0.2, 0.25) is 0 Å². The summed E-state index contributed by atoms with van der Waals surface area (Å²) in [5.74, 6) is -0.381. The lowest BCUT2D eigenvalue weighted by Crippen LogP contribution is -2.33. The standard InChI is InChI=1S/C28H30F2N6O/c1-4-34(5-2)19-8-9-20(14-19)35-16-26(22-13-18(30)7-11-25(22)35)36-27(31-32-28(36)37)23-15-33(3)24-10-6-17(29)12-21(23)24/h6-7,10-13,15-16,19-20H,4-5,8-9,14H2,1-3H3,(H,32,37)/t19-,20-/m0/s1. The highest BCUT2D eigenvalue weighted by atomic mass is 19.1. The second-order valence-electron chi connectivity index (χ2n) is 9.93. The van der Waals surface area contributed by atoms with Gasteiger partial charge >= 0.3 is 5.69 Å². The van der Waals surface area contributed by atoms with Crippen LogP contribution in [-0.4, -0.2) is 47.9 Å². The Morgan fingerprint density at radius 3 is 2.43 bits per heavy atom. The topological polar surface area (TPSA) is 63.8 Å². The van der Waals surface area contributed by atoms with E-state index >= 15 is 0 Å². The maximum atomic E-state index is 14.5. The Bertz CT molecular complexity index is 1670. The molecule has 1 saturated carbocycles. The lowest BCUT2D eigenvalue weighted by atomic mass is 10.1. The second kappa shape index (κ2) is 8.99. The SMILES string of the molecule is CCN(CC)[C@H]1CC[C@H](n2cc(-n3c(-c4cn(C)c5ccc(F)cc45)n[nH]c3=O)c3cc(F)ccc32)C1. The van der Waals surface area contributed by atoms with Crippen LogP contribution in [0, 0.1) is 11.6 Å². The Morgan fingerprint density at radius 2 is 1.70 bits per heavy atom. The highest BCUT2D eigenvalue weighted by Crippen LogP contribution is 2.39. The fraction of sp³-hybridized carbons (Fsp3) is 0.357. The van der Waals surface area contributed by atoms with Gasteiger partial charge < -0.3 is 14.0 Å². The van der Waals surface area contributed by atoms with Crippen LogP contribution in [0.15, 0.2) is 53.6 Å². The molecule has 9 heteroatoms. The number of halogens is 2. The van der Waals surface area contributed by atoms with E-state index in [4.69, 9.17) is 0 Å². The highest BCUT2D eigenvalue weighted by molar-refractivity contribution is 5.96. The molecule has 6 rings (SSSR count). The quantitative estimate of drug-likeness (QED) is 0.337. The largest absolute Gasteiger partial charge is 0.350 e. The van der Waals surface area contributed by atoms with Crippen LogP contribution in [0.2, 0.25) is 0 Å². The van der Waals surface area contributed by atoms with Gasteiger partial charge in [-0.25, -0.2) is 23.2 Å². The summed E-state index contributed by atoms with van der Waals surface area (Å²) in [5.41, 5.74) is 2.45. The maximum absolute atomic E-state index is 14.5. The van der Waals surface area contributed by atoms with E-state index < -0.39 is 5.69 Å². The summed E-state index contributed by atoms with van der Waals surface area (Å²) in [6.45, 7) is 6.40. The van der Waals surface area contributed by atoms with E-state index in [2.05, 4.69) is 33.5 Å². The monoisotopic (exact) mass is 504 g/mol. The molecule has 37 heavy (non-hydrogen) atoms. The summed E-state index contributed by atoms with van der Waals surface area (Å²) in [7, 11) is 1.87. The van der Waals surface area contributed by atoms with Gasteiger partial charge in [-0.15, -0.1) is 0 Å². The molecular weight excluding hydrogens is 474 g/mol. The summed E-state index contributed by atoms with van der Waals surface area (Å²) in [6, 6.07) is 10.0. The normalized spacial score (nSPS) is 18.1. The Labute approximate surface area is 212 Å².